The second-order valence-electron chi connectivity index (χ2n) is 7.89. The lowest BCUT2D eigenvalue weighted by Crippen LogP contribution is -2.37. The molecule has 31 heavy (non-hydrogen) atoms. The highest BCUT2D eigenvalue weighted by atomic mass is 16.5. The fraction of sp³-hybridized carbons (Fsp3) is 0.308. The van der Waals surface area contributed by atoms with Crippen LogP contribution in [0.2, 0.25) is 0 Å². The Labute approximate surface area is 184 Å². The molecule has 1 aromatic heterocycles. The monoisotopic (exact) mass is 415 g/mol. The number of nitrogens with one attached hydrogen (secondary N) is 1. The van der Waals surface area contributed by atoms with Gasteiger partial charge in [0.25, 0.3) is 5.91 Å². The van der Waals surface area contributed by atoms with Crippen molar-refractivity contribution in [2.24, 2.45) is 0 Å². The van der Waals surface area contributed by atoms with Gasteiger partial charge in [-0.15, -0.1) is 0 Å². The van der Waals surface area contributed by atoms with Gasteiger partial charge in [-0.2, -0.15) is 0 Å². The average Bonchev–Trinajstić information content (AvgIpc) is 2.84. The van der Waals surface area contributed by atoms with Crippen LogP contribution in [0.15, 0.2) is 72.9 Å². The first-order valence-corrected chi connectivity index (χ1v) is 11.0. The molecule has 5 heteroatoms. The number of aromatic nitrogens is 1. The first-order valence-electron chi connectivity index (χ1n) is 11.0. The van der Waals surface area contributed by atoms with Crippen LogP contribution in [0.5, 0.6) is 5.88 Å². The number of benzene rings is 2. The van der Waals surface area contributed by atoms with E-state index in [1.54, 1.807) is 18.3 Å². The van der Waals surface area contributed by atoms with Crippen LogP contribution in [-0.2, 0) is 6.61 Å². The third kappa shape index (κ3) is 6.15. The van der Waals surface area contributed by atoms with Crippen molar-refractivity contribution in [3.8, 4) is 17.0 Å². The van der Waals surface area contributed by atoms with Gasteiger partial charge in [0.15, 0.2) is 0 Å². The predicted octanol–water partition coefficient (Wildman–Crippen LogP) is 4.54. The van der Waals surface area contributed by atoms with Crippen molar-refractivity contribution < 1.29 is 9.53 Å². The van der Waals surface area contributed by atoms with E-state index in [4.69, 9.17) is 4.74 Å². The second-order valence-corrected chi connectivity index (χ2v) is 7.89. The van der Waals surface area contributed by atoms with Crippen LogP contribution in [0.3, 0.4) is 0 Å². The largest absolute Gasteiger partial charge is 0.473 e. The van der Waals surface area contributed by atoms with E-state index in [1.165, 1.54) is 30.4 Å². The second kappa shape index (κ2) is 10.7. The van der Waals surface area contributed by atoms with Crippen molar-refractivity contribution in [2.45, 2.75) is 25.9 Å². The quantitative estimate of drug-likeness (QED) is 0.587. The molecule has 1 aliphatic rings. The molecule has 4 rings (SSSR count). The maximum Gasteiger partial charge on any atom is 0.252 e. The van der Waals surface area contributed by atoms with Gasteiger partial charge in [0.05, 0.1) is 5.56 Å². The predicted molar refractivity (Wildman–Crippen MR) is 123 cm³/mol. The van der Waals surface area contributed by atoms with Crippen molar-refractivity contribution in [1.82, 2.24) is 15.2 Å². The van der Waals surface area contributed by atoms with Crippen molar-refractivity contribution in [3.05, 3.63) is 84.1 Å². The highest BCUT2D eigenvalue weighted by Gasteiger charge is 2.11. The van der Waals surface area contributed by atoms with Gasteiger partial charge < -0.3 is 15.0 Å². The first-order chi connectivity index (χ1) is 15.3. The Morgan fingerprint density at radius 1 is 0.903 bits per heavy atom. The first kappa shape index (κ1) is 21.1. The molecular formula is C26H29N3O2. The molecule has 0 bridgehead atoms. The summed E-state index contributed by atoms with van der Waals surface area (Å²) in [7, 11) is 0. The van der Waals surface area contributed by atoms with Gasteiger partial charge in [0, 0.05) is 25.4 Å². The topological polar surface area (TPSA) is 54.5 Å². The van der Waals surface area contributed by atoms with E-state index in [0.717, 1.165) is 25.2 Å². The molecule has 2 aromatic carbocycles. The van der Waals surface area contributed by atoms with Gasteiger partial charge in [-0.05, 0) is 48.7 Å². The van der Waals surface area contributed by atoms with E-state index < -0.39 is 0 Å². The van der Waals surface area contributed by atoms with Gasteiger partial charge in [-0.25, -0.2) is 4.98 Å². The Hall–Kier alpha value is -3.18. The minimum atomic E-state index is -0.0902. The van der Waals surface area contributed by atoms with Gasteiger partial charge in [0.1, 0.15) is 6.61 Å². The Morgan fingerprint density at radius 3 is 2.35 bits per heavy atom. The van der Waals surface area contributed by atoms with Gasteiger partial charge in [0.2, 0.25) is 5.88 Å². The number of carbonyl (C=O) groups excluding carboxylic acids is 1. The van der Waals surface area contributed by atoms with Crippen LogP contribution in [-0.4, -0.2) is 42.0 Å². The van der Waals surface area contributed by atoms with Gasteiger partial charge in [-0.1, -0.05) is 61.0 Å². The Bertz CT molecular complexity index is 950. The molecule has 5 nitrogen and oxygen atoms in total. The zero-order valence-electron chi connectivity index (χ0n) is 17.8. The van der Waals surface area contributed by atoms with Gasteiger partial charge >= 0.3 is 0 Å². The summed E-state index contributed by atoms with van der Waals surface area (Å²) in [6, 6.07) is 22.1. The van der Waals surface area contributed by atoms with Crippen molar-refractivity contribution in [3.63, 3.8) is 0 Å². The van der Waals surface area contributed by atoms with E-state index in [0.29, 0.717) is 24.6 Å². The SMILES string of the molecule is O=C(NCCN1CCCCC1)c1ccc(OCc2ccc(-c3ccccc3)cc2)nc1. The summed E-state index contributed by atoms with van der Waals surface area (Å²) >= 11 is 0. The molecule has 0 radical (unpaired) electrons. The number of piperidine rings is 1. The van der Waals surface area contributed by atoms with Crippen LogP contribution < -0.4 is 10.1 Å². The lowest BCUT2D eigenvalue weighted by Gasteiger charge is -2.26. The summed E-state index contributed by atoms with van der Waals surface area (Å²) < 4.78 is 5.78. The van der Waals surface area contributed by atoms with E-state index in [1.807, 2.05) is 18.2 Å². The fourth-order valence-corrected chi connectivity index (χ4v) is 3.79. The van der Waals surface area contributed by atoms with E-state index in [2.05, 4.69) is 51.6 Å². The number of hydrogen-bond donors (Lipinski definition) is 1. The van der Waals surface area contributed by atoms with E-state index in [-0.39, 0.29) is 5.91 Å². The molecule has 0 aliphatic carbocycles. The molecule has 1 saturated heterocycles. The molecule has 160 valence electrons. The number of hydrogen-bond acceptors (Lipinski definition) is 4. The van der Waals surface area contributed by atoms with E-state index in [9.17, 15) is 4.79 Å². The van der Waals surface area contributed by atoms with Crippen LogP contribution in [0.1, 0.15) is 35.2 Å². The van der Waals surface area contributed by atoms with E-state index >= 15 is 0 Å². The zero-order valence-corrected chi connectivity index (χ0v) is 17.8. The molecular weight excluding hydrogens is 386 g/mol. The summed E-state index contributed by atoms with van der Waals surface area (Å²) in [4.78, 5) is 19.0. The highest BCUT2D eigenvalue weighted by Crippen LogP contribution is 2.20. The van der Waals surface area contributed by atoms with Crippen LogP contribution in [0, 0.1) is 0 Å². The molecule has 0 spiro atoms. The Morgan fingerprint density at radius 2 is 1.65 bits per heavy atom. The molecule has 0 saturated carbocycles. The number of rotatable bonds is 8. The minimum absolute atomic E-state index is 0.0902. The van der Waals surface area contributed by atoms with Crippen molar-refractivity contribution in [1.29, 1.82) is 0 Å². The van der Waals surface area contributed by atoms with Crippen molar-refractivity contribution >= 4 is 5.91 Å². The summed E-state index contributed by atoms with van der Waals surface area (Å²) in [6.07, 6.45) is 5.42. The molecule has 3 aromatic rings. The summed E-state index contributed by atoms with van der Waals surface area (Å²) in [5.74, 6) is 0.421. The molecule has 1 amide bonds. The van der Waals surface area contributed by atoms with Crippen LogP contribution in [0.25, 0.3) is 11.1 Å². The number of nitrogens with zero attached hydrogens (tertiary/aromatic N) is 2. The minimum Gasteiger partial charge on any atom is -0.473 e. The smallest absolute Gasteiger partial charge is 0.252 e. The lowest BCUT2D eigenvalue weighted by molar-refractivity contribution is 0.0946. The molecule has 2 heterocycles. The highest BCUT2D eigenvalue weighted by molar-refractivity contribution is 5.93. The Kier molecular flexibility index (Phi) is 7.29. The number of pyridine rings is 1. The maximum absolute atomic E-state index is 12.3. The van der Waals surface area contributed by atoms with Gasteiger partial charge in [-0.3, -0.25) is 4.79 Å². The molecule has 1 fully saturated rings. The number of amides is 1. The normalized spacial score (nSPS) is 14.2. The fourth-order valence-electron chi connectivity index (χ4n) is 3.79. The number of likely N-dealkylation sites (tertiary alicyclic amines) is 1. The number of ether oxygens (including phenoxy) is 1. The lowest BCUT2D eigenvalue weighted by atomic mass is 10.0. The third-order valence-corrected chi connectivity index (χ3v) is 5.61. The van der Waals surface area contributed by atoms with Crippen molar-refractivity contribution in [2.75, 3.05) is 26.2 Å². The average molecular weight is 416 g/mol. The Balaban J connectivity index is 1.23. The summed E-state index contributed by atoms with van der Waals surface area (Å²) in [5, 5.41) is 2.98. The van der Waals surface area contributed by atoms with Crippen LogP contribution in [0.4, 0.5) is 0 Å². The number of carbonyl (C=O) groups is 1. The molecule has 1 N–H and O–H groups in total. The van der Waals surface area contributed by atoms with Crippen LogP contribution >= 0.6 is 0 Å². The molecule has 0 unspecified atom stereocenters. The zero-order chi connectivity index (χ0) is 21.3. The third-order valence-electron chi connectivity index (χ3n) is 5.61. The standard InChI is InChI=1S/C26H29N3O2/c30-26(27-15-18-29-16-5-2-6-17-29)24-13-14-25(28-19-24)31-20-21-9-11-23(12-10-21)22-7-3-1-4-8-22/h1,3-4,7-14,19H,2,5-6,15-18,20H2,(H,27,30). The molecule has 0 atom stereocenters. The summed E-state index contributed by atoms with van der Waals surface area (Å²) in [5.41, 5.74) is 4.00. The maximum atomic E-state index is 12.3. The summed E-state index contributed by atoms with van der Waals surface area (Å²) in [6.45, 7) is 4.28. The molecule has 1 aliphatic heterocycles.